The highest BCUT2D eigenvalue weighted by atomic mass is 19.1. The standard InChI is InChI=1S/C26H28FN3O5/c1-3-17(2)30(25(31)19-6-9-22-23(14-19)34-16-33-22)15-21-24(18-4-7-20(27)8-5-18)28-35-26(21)29-10-12-32-13-11-29/h4-9,14,17H,3,10-13,15-16H2,1-2H3. The van der Waals surface area contributed by atoms with Crippen molar-refractivity contribution in [1.82, 2.24) is 10.1 Å². The number of benzene rings is 2. The van der Waals surface area contributed by atoms with Crippen LogP contribution in [0.15, 0.2) is 47.0 Å². The number of nitrogens with zero attached hydrogens (tertiary/aromatic N) is 3. The van der Waals surface area contributed by atoms with Crippen LogP contribution >= 0.6 is 0 Å². The van der Waals surface area contributed by atoms with E-state index >= 15 is 0 Å². The summed E-state index contributed by atoms with van der Waals surface area (Å²) in [6.07, 6.45) is 0.764. The number of anilines is 1. The molecule has 1 aromatic heterocycles. The lowest BCUT2D eigenvalue weighted by atomic mass is 10.0. The minimum absolute atomic E-state index is 0.0542. The van der Waals surface area contributed by atoms with Crippen molar-refractivity contribution in [3.63, 3.8) is 0 Å². The Labute approximate surface area is 203 Å². The zero-order chi connectivity index (χ0) is 24.4. The minimum Gasteiger partial charge on any atom is -0.454 e. The summed E-state index contributed by atoms with van der Waals surface area (Å²) in [5.74, 6) is 1.34. The van der Waals surface area contributed by atoms with Crippen molar-refractivity contribution in [2.75, 3.05) is 38.0 Å². The summed E-state index contributed by atoms with van der Waals surface area (Å²) in [6.45, 7) is 6.97. The Balaban J connectivity index is 1.53. The van der Waals surface area contributed by atoms with Gasteiger partial charge in [-0.15, -0.1) is 0 Å². The zero-order valence-electron chi connectivity index (χ0n) is 19.8. The van der Waals surface area contributed by atoms with E-state index in [-0.39, 0.29) is 31.1 Å². The summed E-state index contributed by atoms with van der Waals surface area (Å²) < 4.78 is 35.8. The minimum atomic E-state index is -0.327. The molecule has 1 saturated heterocycles. The van der Waals surface area contributed by atoms with E-state index in [1.807, 2.05) is 18.7 Å². The Kier molecular flexibility index (Phi) is 6.59. The van der Waals surface area contributed by atoms with Crippen LogP contribution in [-0.2, 0) is 11.3 Å². The molecule has 5 rings (SSSR count). The first-order chi connectivity index (χ1) is 17.0. The smallest absolute Gasteiger partial charge is 0.254 e. The highest BCUT2D eigenvalue weighted by Crippen LogP contribution is 2.36. The zero-order valence-corrected chi connectivity index (χ0v) is 19.8. The van der Waals surface area contributed by atoms with Gasteiger partial charge in [0.05, 0.1) is 25.3 Å². The van der Waals surface area contributed by atoms with Crippen molar-refractivity contribution in [1.29, 1.82) is 0 Å². The van der Waals surface area contributed by atoms with E-state index in [2.05, 4.69) is 10.1 Å². The lowest BCUT2D eigenvalue weighted by molar-refractivity contribution is 0.0671. The van der Waals surface area contributed by atoms with Gasteiger partial charge in [0, 0.05) is 30.3 Å². The number of aromatic nitrogens is 1. The number of hydrogen-bond acceptors (Lipinski definition) is 7. The maximum absolute atomic E-state index is 13.7. The van der Waals surface area contributed by atoms with Crippen LogP contribution in [-0.4, -0.2) is 55.1 Å². The second kappa shape index (κ2) is 9.95. The largest absolute Gasteiger partial charge is 0.454 e. The molecule has 184 valence electrons. The molecule has 3 heterocycles. The molecule has 0 saturated carbocycles. The van der Waals surface area contributed by atoms with Gasteiger partial charge in [-0.3, -0.25) is 4.79 Å². The summed E-state index contributed by atoms with van der Waals surface area (Å²) in [4.78, 5) is 17.6. The summed E-state index contributed by atoms with van der Waals surface area (Å²) in [7, 11) is 0. The number of ether oxygens (including phenoxy) is 3. The van der Waals surface area contributed by atoms with Gasteiger partial charge >= 0.3 is 0 Å². The average molecular weight is 482 g/mol. The van der Waals surface area contributed by atoms with Gasteiger partial charge in [0.25, 0.3) is 5.91 Å². The summed E-state index contributed by atoms with van der Waals surface area (Å²) in [5.41, 5.74) is 2.62. The number of hydrogen-bond donors (Lipinski definition) is 0. The maximum atomic E-state index is 13.7. The fraction of sp³-hybridized carbons (Fsp3) is 0.385. The number of fused-ring (bicyclic) bond motifs is 1. The maximum Gasteiger partial charge on any atom is 0.254 e. The van der Waals surface area contributed by atoms with Gasteiger partial charge < -0.3 is 28.5 Å². The second-order valence-electron chi connectivity index (χ2n) is 8.68. The van der Waals surface area contributed by atoms with E-state index in [4.69, 9.17) is 18.7 Å². The first-order valence-corrected chi connectivity index (χ1v) is 11.8. The summed E-state index contributed by atoms with van der Waals surface area (Å²) in [6, 6.07) is 11.3. The number of halogens is 1. The van der Waals surface area contributed by atoms with Gasteiger partial charge in [-0.05, 0) is 55.8 Å². The molecule has 0 spiro atoms. The Morgan fingerprint density at radius 1 is 1.11 bits per heavy atom. The number of morpholine rings is 1. The van der Waals surface area contributed by atoms with E-state index in [1.54, 1.807) is 30.3 Å². The predicted octanol–water partition coefficient (Wildman–Crippen LogP) is 4.49. The number of rotatable bonds is 7. The molecule has 3 aromatic rings. The van der Waals surface area contributed by atoms with Crippen LogP contribution in [0, 0.1) is 5.82 Å². The topological polar surface area (TPSA) is 77.3 Å². The summed E-state index contributed by atoms with van der Waals surface area (Å²) >= 11 is 0. The van der Waals surface area contributed by atoms with E-state index in [1.165, 1.54) is 12.1 Å². The van der Waals surface area contributed by atoms with Crippen LogP contribution in [0.4, 0.5) is 10.3 Å². The fourth-order valence-corrected chi connectivity index (χ4v) is 4.31. The van der Waals surface area contributed by atoms with Crippen molar-refractivity contribution in [2.24, 2.45) is 0 Å². The SMILES string of the molecule is CCC(C)N(Cc1c(-c2ccc(F)cc2)noc1N1CCOCC1)C(=O)c1ccc2c(c1)OCO2. The molecule has 2 aromatic carbocycles. The van der Waals surface area contributed by atoms with Crippen molar-refractivity contribution in [3.8, 4) is 22.8 Å². The Morgan fingerprint density at radius 2 is 1.86 bits per heavy atom. The van der Waals surface area contributed by atoms with E-state index in [0.29, 0.717) is 54.9 Å². The van der Waals surface area contributed by atoms with Gasteiger partial charge in [-0.25, -0.2) is 4.39 Å². The third-order valence-corrected chi connectivity index (χ3v) is 6.52. The van der Waals surface area contributed by atoms with Crippen LogP contribution in [0.25, 0.3) is 11.3 Å². The highest BCUT2D eigenvalue weighted by molar-refractivity contribution is 5.95. The van der Waals surface area contributed by atoms with E-state index in [0.717, 1.165) is 17.5 Å². The molecule has 1 amide bonds. The van der Waals surface area contributed by atoms with Gasteiger partial charge in [-0.1, -0.05) is 12.1 Å². The van der Waals surface area contributed by atoms with Gasteiger partial charge in [0.1, 0.15) is 11.5 Å². The fourth-order valence-electron chi connectivity index (χ4n) is 4.31. The third kappa shape index (κ3) is 4.68. The molecule has 9 heteroatoms. The Morgan fingerprint density at radius 3 is 2.60 bits per heavy atom. The van der Waals surface area contributed by atoms with Crippen LogP contribution in [0.2, 0.25) is 0 Å². The van der Waals surface area contributed by atoms with Gasteiger partial charge in [0.15, 0.2) is 11.5 Å². The van der Waals surface area contributed by atoms with E-state index in [9.17, 15) is 9.18 Å². The van der Waals surface area contributed by atoms with Crippen LogP contribution in [0.3, 0.4) is 0 Å². The normalized spacial score (nSPS) is 15.8. The van der Waals surface area contributed by atoms with E-state index < -0.39 is 0 Å². The monoisotopic (exact) mass is 481 g/mol. The van der Waals surface area contributed by atoms with Gasteiger partial charge in [0.2, 0.25) is 12.7 Å². The van der Waals surface area contributed by atoms with Crippen molar-refractivity contribution >= 4 is 11.8 Å². The average Bonchev–Trinajstić information content (AvgIpc) is 3.54. The molecule has 1 unspecified atom stereocenters. The van der Waals surface area contributed by atoms with Crippen LogP contribution in [0.1, 0.15) is 36.2 Å². The third-order valence-electron chi connectivity index (χ3n) is 6.52. The second-order valence-corrected chi connectivity index (χ2v) is 8.68. The molecule has 8 nitrogen and oxygen atoms in total. The molecule has 0 aliphatic carbocycles. The summed E-state index contributed by atoms with van der Waals surface area (Å²) in [5, 5.41) is 4.35. The first-order valence-electron chi connectivity index (χ1n) is 11.8. The molecule has 0 N–H and O–H groups in total. The van der Waals surface area contributed by atoms with Crippen LogP contribution < -0.4 is 14.4 Å². The quantitative estimate of drug-likeness (QED) is 0.492. The van der Waals surface area contributed by atoms with Crippen molar-refractivity contribution < 1.29 is 27.9 Å². The molecule has 1 fully saturated rings. The molecule has 35 heavy (non-hydrogen) atoms. The van der Waals surface area contributed by atoms with Crippen molar-refractivity contribution in [3.05, 3.63) is 59.4 Å². The molecular weight excluding hydrogens is 453 g/mol. The lowest BCUT2D eigenvalue weighted by Gasteiger charge is -2.31. The predicted molar refractivity (Wildman–Crippen MR) is 127 cm³/mol. The molecular formula is C26H28FN3O5. The lowest BCUT2D eigenvalue weighted by Crippen LogP contribution is -2.39. The molecule has 2 aliphatic heterocycles. The van der Waals surface area contributed by atoms with Crippen molar-refractivity contribution in [2.45, 2.75) is 32.9 Å². The van der Waals surface area contributed by atoms with Crippen LogP contribution in [0.5, 0.6) is 11.5 Å². The first kappa shape index (κ1) is 23.2. The van der Waals surface area contributed by atoms with Gasteiger partial charge in [-0.2, -0.15) is 0 Å². The molecule has 0 bridgehead atoms. The Hall–Kier alpha value is -3.59. The molecule has 1 atom stereocenters. The molecule has 2 aliphatic rings. The highest BCUT2D eigenvalue weighted by Gasteiger charge is 2.30. The Bertz CT molecular complexity index is 1190. The number of carbonyl (C=O) groups is 1. The molecule has 0 radical (unpaired) electrons. The number of amides is 1. The number of carbonyl (C=O) groups excluding carboxylic acids is 1.